The van der Waals surface area contributed by atoms with Crippen LogP contribution < -0.4 is 11.1 Å². The van der Waals surface area contributed by atoms with Crippen molar-refractivity contribution in [1.29, 1.82) is 0 Å². The molecule has 0 spiro atoms. The third-order valence-corrected chi connectivity index (χ3v) is 5.37. The van der Waals surface area contributed by atoms with E-state index in [9.17, 15) is 9.59 Å². The largest absolute Gasteiger partial charge is 0.467 e. The summed E-state index contributed by atoms with van der Waals surface area (Å²) in [6, 6.07) is 19.2. The highest BCUT2D eigenvalue weighted by Crippen LogP contribution is 2.27. The Hall–Kier alpha value is -2.70. The monoisotopic (exact) mass is 381 g/mol. The number of likely N-dealkylation sites (tertiary alicyclic amines) is 1. The molecule has 1 fully saturated rings. The summed E-state index contributed by atoms with van der Waals surface area (Å²) < 4.78 is 5.03. The number of carbonyl (C=O) groups excluding carboxylic acids is 2. The van der Waals surface area contributed by atoms with E-state index >= 15 is 0 Å². The summed E-state index contributed by atoms with van der Waals surface area (Å²) in [6.45, 7) is 3.41. The standard InChI is InChI=1S/C22H27N3O3/c1-21(23,18-11-7-4-8-12-18)19(26)24-22(20(27)28-2)13-14-25(16-22)15-17-9-5-3-6-10-17/h3-12H,13-16,23H2,1-2H3,(H,24,26). The molecular weight excluding hydrogens is 354 g/mol. The summed E-state index contributed by atoms with van der Waals surface area (Å²) in [6.07, 6.45) is 0.475. The molecule has 2 unspecified atom stereocenters. The molecular formula is C22H27N3O3. The van der Waals surface area contributed by atoms with Gasteiger partial charge in [0.25, 0.3) is 0 Å². The quantitative estimate of drug-likeness (QED) is 0.746. The van der Waals surface area contributed by atoms with Gasteiger partial charge in [0, 0.05) is 19.6 Å². The van der Waals surface area contributed by atoms with Gasteiger partial charge in [0.05, 0.1) is 7.11 Å². The van der Waals surface area contributed by atoms with Crippen LogP contribution in [-0.2, 0) is 26.4 Å². The van der Waals surface area contributed by atoms with Gasteiger partial charge in [-0.2, -0.15) is 0 Å². The van der Waals surface area contributed by atoms with Crippen LogP contribution in [-0.4, -0.2) is 42.5 Å². The number of carbonyl (C=O) groups is 2. The lowest BCUT2D eigenvalue weighted by Crippen LogP contribution is -2.62. The van der Waals surface area contributed by atoms with Crippen molar-refractivity contribution in [1.82, 2.24) is 10.2 Å². The van der Waals surface area contributed by atoms with Crippen molar-refractivity contribution >= 4 is 11.9 Å². The van der Waals surface area contributed by atoms with Gasteiger partial charge in [-0.1, -0.05) is 60.7 Å². The van der Waals surface area contributed by atoms with Crippen LogP contribution in [0.4, 0.5) is 0 Å². The fraction of sp³-hybridized carbons (Fsp3) is 0.364. The summed E-state index contributed by atoms with van der Waals surface area (Å²) in [7, 11) is 1.34. The maximum atomic E-state index is 13.0. The lowest BCUT2D eigenvalue weighted by Gasteiger charge is -2.32. The molecule has 2 aromatic carbocycles. The van der Waals surface area contributed by atoms with Gasteiger partial charge in [-0.05, 0) is 24.5 Å². The van der Waals surface area contributed by atoms with E-state index in [2.05, 4.69) is 10.2 Å². The van der Waals surface area contributed by atoms with Crippen LogP contribution in [0.15, 0.2) is 60.7 Å². The molecule has 0 saturated carbocycles. The fourth-order valence-electron chi connectivity index (χ4n) is 3.64. The summed E-state index contributed by atoms with van der Waals surface area (Å²) in [5, 5.41) is 2.92. The zero-order valence-electron chi connectivity index (χ0n) is 16.4. The van der Waals surface area contributed by atoms with E-state index in [-0.39, 0.29) is 0 Å². The van der Waals surface area contributed by atoms with Crippen LogP contribution >= 0.6 is 0 Å². The van der Waals surface area contributed by atoms with Crippen molar-refractivity contribution in [3.63, 3.8) is 0 Å². The van der Waals surface area contributed by atoms with Gasteiger partial charge in [-0.3, -0.25) is 9.69 Å². The van der Waals surface area contributed by atoms with Crippen LogP contribution in [0.5, 0.6) is 0 Å². The number of benzene rings is 2. The summed E-state index contributed by atoms with van der Waals surface area (Å²) in [5.41, 5.74) is 5.83. The first-order valence-electron chi connectivity index (χ1n) is 9.39. The molecule has 0 radical (unpaired) electrons. The first kappa shape index (κ1) is 20.0. The molecule has 2 aromatic rings. The molecule has 1 heterocycles. The van der Waals surface area contributed by atoms with Crippen LogP contribution in [0, 0.1) is 0 Å². The third kappa shape index (κ3) is 4.08. The Morgan fingerprint density at radius 3 is 2.36 bits per heavy atom. The fourth-order valence-corrected chi connectivity index (χ4v) is 3.64. The highest BCUT2D eigenvalue weighted by atomic mass is 16.5. The first-order chi connectivity index (χ1) is 13.4. The van der Waals surface area contributed by atoms with Crippen LogP contribution in [0.2, 0.25) is 0 Å². The van der Waals surface area contributed by atoms with E-state index in [1.165, 1.54) is 7.11 Å². The maximum Gasteiger partial charge on any atom is 0.332 e. The zero-order valence-corrected chi connectivity index (χ0v) is 16.4. The summed E-state index contributed by atoms with van der Waals surface area (Å²) in [4.78, 5) is 27.8. The molecule has 6 heteroatoms. The molecule has 0 aromatic heterocycles. The molecule has 1 amide bonds. The van der Waals surface area contributed by atoms with Crippen molar-refractivity contribution < 1.29 is 14.3 Å². The Labute approximate surface area is 165 Å². The molecule has 0 bridgehead atoms. The maximum absolute atomic E-state index is 13.0. The molecule has 6 nitrogen and oxygen atoms in total. The highest BCUT2D eigenvalue weighted by Gasteiger charge is 2.49. The summed E-state index contributed by atoms with van der Waals surface area (Å²) in [5.74, 6) is -0.842. The van der Waals surface area contributed by atoms with Crippen LogP contribution in [0.25, 0.3) is 0 Å². The second kappa shape index (κ2) is 8.12. The molecule has 3 rings (SSSR count). The van der Waals surface area contributed by atoms with E-state index < -0.39 is 23.0 Å². The van der Waals surface area contributed by atoms with Gasteiger partial charge in [-0.25, -0.2) is 4.79 Å². The van der Waals surface area contributed by atoms with Crippen molar-refractivity contribution in [3.05, 3.63) is 71.8 Å². The zero-order chi connectivity index (χ0) is 20.2. The molecule has 3 N–H and O–H groups in total. The number of esters is 1. The normalized spacial score (nSPS) is 21.7. The molecule has 1 saturated heterocycles. The van der Waals surface area contributed by atoms with Gasteiger partial charge in [0.2, 0.25) is 5.91 Å². The number of nitrogens with one attached hydrogen (secondary N) is 1. The minimum atomic E-state index is -1.25. The molecule has 2 atom stereocenters. The van der Waals surface area contributed by atoms with Crippen molar-refractivity contribution in [2.45, 2.75) is 31.0 Å². The molecule has 0 aliphatic carbocycles. The Morgan fingerprint density at radius 2 is 1.75 bits per heavy atom. The average Bonchev–Trinajstić information content (AvgIpc) is 3.12. The third-order valence-electron chi connectivity index (χ3n) is 5.37. The van der Waals surface area contributed by atoms with E-state index in [0.29, 0.717) is 31.6 Å². The number of hydrogen-bond acceptors (Lipinski definition) is 5. The minimum absolute atomic E-state index is 0.380. The van der Waals surface area contributed by atoms with Gasteiger partial charge < -0.3 is 15.8 Å². The van der Waals surface area contributed by atoms with Crippen LogP contribution in [0.1, 0.15) is 24.5 Å². The number of nitrogens with two attached hydrogens (primary N) is 1. The van der Waals surface area contributed by atoms with Gasteiger partial charge >= 0.3 is 5.97 Å². The topological polar surface area (TPSA) is 84.7 Å². The van der Waals surface area contributed by atoms with E-state index in [0.717, 1.165) is 5.56 Å². The Morgan fingerprint density at radius 1 is 1.14 bits per heavy atom. The number of methoxy groups -OCH3 is 1. The second-order valence-corrected chi connectivity index (χ2v) is 7.54. The van der Waals surface area contributed by atoms with Crippen LogP contribution in [0.3, 0.4) is 0 Å². The minimum Gasteiger partial charge on any atom is -0.467 e. The van der Waals surface area contributed by atoms with Gasteiger partial charge in [0.1, 0.15) is 5.54 Å². The number of ether oxygens (including phenoxy) is 1. The molecule has 148 valence electrons. The second-order valence-electron chi connectivity index (χ2n) is 7.54. The van der Waals surface area contributed by atoms with Crippen molar-refractivity contribution in [3.8, 4) is 0 Å². The molecule has 1 aliphatic rings. The first-order valence-corrected chi connectivity index (χ1v) is 9.39. The van der Waals surface area contributed by atoms with Gasteiger partial charge in [-0.15, -0.1) is 0 Å². The molecule has 1 aliphatic heterocycles. The highest BCUT2D eigenvalue weighted by molar-refractivity contribution is 5.93. The lowest BCUT2D eigenvalue weighted by molar-refractivity contribution is -0.151. The number of rotatable bonds is 6. The Balaban J connectivity index is 1.77. The Kier molecular flexibility index (Phi) is 5.82. The predicted octanol–water partition coefficient (Wildman–Crippen LogP) is 1.79. The Bertz CT molecular complexity index is 823. The summed E-state index contributed by atoms with van der Waals surface area (Å²) >= 11 is 0. The van der Waals surface area contributed by atoms with Crippen molar-refractivity contribution in [2.75, 3.05) is 20.2 Å². The van der Waals surface area contributed by atoms with E-state index in [1.54, 1.807) is 19.1 Å². The molecule has 28 heavy (non-hydrogen) atoms. The van der Waals surface area contributed by atoms with E-state index in [4.69, 9.17) is 10.5 Å². The van der Waals surface area contributed by atoms with E-state index in [1.807, 2.05) is 48.5 Å². The number of hydrogen-bond donors (Lipinski definition) is 2. The number of amides is 1. The predicted molar refractivity (Wildman–Crippen MR) is 107 cm³/mol. The lowest BCUT2D eigenvalue weighted by atomic mass is 9.89. The number of nitrogens with zero attached hydrogens (tertiary/aromatic N) is 1. The SMILES string of the molecule is COC(=O)C1(NC(=O)C(C)(N)c2ccccc2)CCN(Cc2ccccc2)C1. The van der Waals surface area contributed by atoms with Crippen molar-refractivity contribution in [2.24, 2.45) is 5.73 Å². The smallest absolute Gasteiger partial charge is 0.332 e. The van der Waals surface area contributed by atoms with Gasteiger partial charge in [0.15, 0.2) is 5.54 Å². The average molecular weight is 381 g/mol.